The molecule has 1 N–H and O–H groups in total. The van der Waals surface area contributed by atoms with Crippen LogP contribution in [0.3, 0.4) is 0 Å². The van der Waals surface area contributed by atoms with Crippen molar-refractivity contribution < 1.29 is 45.7 Å². The number of hydrogen-bond acceptors (Lipinski definition) is 9. The number of carbonyl (C=O) groups excluding carboxylic acids is 2. The van der Waals surface area contributed by atoms with Crippen LogP contribution in [0.4, 0.5) is 13.2 Å². The third-order valence-electron chi connectivity index (χ3n) is 6.51. The van der Waals surface area contributed by atoms with Crippen molar-refractivity contribution in [3.63, 3.8) is 0 Å². The number of hydrazine groups is 1. The molecule has 0 spiro atoms. The van der Waals surface area contributed by atoms with E-state index in [1.54, 1.807) is 38.1 Å². The van der Waals surface area contributed by atoms with E-state index >= 15 is 0 Å². The number of alkyl halides is 3. The molecule has 1 amide bonds. The van der Waals surface area contributed by atoms with Crippen LogP contribution in [0.15, 0.2) is 64.8 Å². The zero-order chi connectivity index (χ0) is 32.4. The average Bonchev–Trinajstić information content (AvgIpc) is 3.38. The fraction of sp³-hybridized carbons (Fsp3) is 0.370. The van der Waals surface area contributed by atoms with Gasteiger partial charge in [-0.15, -0.1) is 5.01 Å². The molecule has 1 aromatic heterocycles. The van der Waals surface area contributed by atoms with Gasteiger partial charge in [0.25, 0.3) is 22.2 Å². The summed E-state index contributed by atoms with van der Waals surface area (Å²) in [6.45, 7) is 6.44. The third-order valence-corrected chi connectivity index (χ3v) is 7.87. The quantitative estimate of drug-likeness (QED) is 0.113. The number of benzene rings is 2. The Morgan fingerprint density at radius 3 is 2.30 bits per heavy atom. The second-order valence-corrected chi connectivity index (χ2v) is 11.9. The molecule has 44 heavy (non-hydrogen) atoms. The number of sulfonamides is 1. The Hall–Kier alpha value is -4.67. The first kappa shape index (κ1) is 32.2. The Morgan fingerprint density at radius 1 is 1.11 bits per heavy atom. The standard InChI is InChI=1S/C27H29F3N6O7S/c1-16(2)26(38)42-18(4)43-33-36(39)34-14-13-22(34)25(37)32-44(40,41)21-11-9-20(10-12-21)35-23(15-24(31-35)27(28,29)30)19-7-5-17(3)6-8-19/h5-12,15-16,18,22H,13-14H2,1-4H3,(H,32,37)/t18?,22-/m0/s1. The highest BCUT2D eigenvalue weighted by molar-refractivity contribution is 7.90. The van der Waals surface area contributed by atoms with Crippen LogP contribution in [0.5, 0.6) is 0 Å². The van der Waals surface area contributed by atoms with Gasteiger partial charge in [-0.1, -0.05) is 43.7 Å². The summed E-state index contributed by atoms with van der Waals surface area (Å²) in [6.07, 6.45) is -5.77. The lowest BCUT2D eigenvalue weighted by Crippen LogP contribution is -2.59. The van der Waals surface area contributed by atoms with Gasteiger partial charge in [0, 0.05) is 18.9 Å². The van der Waals surface area contributed by atoms with E-state index in [4.69, 9.17) is 9.57 Å². The van der Waals surface area contributed by atoms with Crippen molar-refractivity contribution in [1.29, 1.82) is 0 Å². The number of nitrogens with zero attached hydrogens (tertiary/aromatic N) is 5. The molecule has 1 aliphatic rings. The third kappa shape index (κ3) is 7.27. The maximum atomic E-state index is 13.5. The van der Waals surface area contributed by atoms with Gasteiger partial charge in [-0.25, -0.2) is 17.8 Å². The predicted octanol–water partition coefficient (Wildman–Crippen LogP) is 4.10. The topological polar surface area (TPSA) is 158 Å². The van der Waals surface area contributed by atoms with Gasteiger partial charge in [-0.3, -0.25) is 14.4 Å². The molecular weight excluding hydrogens is 609 g/mol. The smallest absolute Gasteiger partial charge is 0.435 e. The number of hydrogen-bond donors (Lipinski definition) is 1. The number of aryl methyl sites for hydroxylation is 1. The summed E-state index contributed by atoms with van der Waals surface area (Å²) in [5.74, 6) is -2.03. The summed E-state index contributed by atoms with van der Waals surface area (Å²) in [6, 6.07) is 11.2. The molecule has 1 unspecified atom stereocenters. The number of esters is 1. The van der Waals surface area contributed by atoms with Gasteiger partial charge in [0.15, 0.2) is 11.7 Å². The lowest BCUT2D eigenvalue weighted by molar-refractivity contribution is -0.730. The monoisotopic (exact) mass is 638 g/mol. The van der Waals surface area contributed by atoms with Crippen LogP contribution in [-0.2, 0) is 35.4 Å². The van der Waals surface area contributed by atoms with Gasteiger partial charge < -0.3 is 9.94 Å². The van der Waals surface area contributed by atoms with Gasteiger partial charge in [-0.05, 0) is 37.3 Å². The summed E-state index contributed by atoms with van der Waals surface area (Å²) in [5.41, 5.74) is 0.516. The summed E-state index contributed by atoms with van der Waals surface area (Å²) >= 11 is 0. The van der Waals surface area contributed by atoms with Crippen molar-refractivity contribution in [2.45, 2.75) is 57.5 Å². The molecule has 0 saturated carbocycles. The van der Waals surface area contributed by atoms with E-state index in [1.165, 1.54) is 19.1 Å². The molecule has 4 rings (SSSR count). The fourth-order valence-electron chi connectivity index (χ4n) is 3.99. The van der Waals surface area contributed by atoms with Gasteiger partial charge in [0.05, 0.1) is 33.7 Å². The number of aromatic nitrogens is 2. The van der Waals surface area contributed by atoms with Crippen molar-refractivity contribution in [3.8, 4) is 16.9 Å². The van der Waals surface area contributed by atoms with E-state index in [0.29, 0.717) is 5.56 Å². The first-order valence-corrected chi connectivity index (χ1v) is 14.8. The van der Waals surface area contributed by atoms with Crippen molar-refractivity contribution >= 4 is 21.9 Å². The zero-order valence-electron chi connectivity index (χ0n) is 24.0. The van der Waals surface area contributed by atoms with E-state index in [0.717, 1.165) is 33.5 Å². The lowest BCUT2D eigenvalue weighted by Gasteiger charge is -2.34. The highest BCUT2D eigenvalue weighted by atomic mass is 32.2. The number of nitrogens with one attached hydrogen (secondary N) is 1. The van der Waals surface area contributed by atoms with Crippen molar-refractivity contribution in [2.24, 2.45) is 11.2 Å². The van der Waals surface area contributed by atoms with Gasteiger partial charge in [-0.2, -0.15) is 18.3 Å². The summed E-state index contributed by atoms with van der Waals surface area (Å²) in [7, 11) is -4.44. The molecule has 1 fully saturated rings. The van der Waals surface area contributed by atoms with Crippen molar-refractivity contribution in [3.05, 3.63) is 71.1 Å². The average molecular weight is 639 g/mol. The van der Waals surface area contributed by atoms with Gasteiger partial charge >= 0.3 is 12.1 Å². The Kier molecular flexibility index (Phi) is 9.17. The molecule has 2 aromatic carbocycles. The van der Waals surface area contributed by atoms with Crippen molar-refractivity contribution in [1.82, 2.24) is 19.5 Å². The molecule has 2 heterocycles. The minimum atomic E-state index is -4.72. The Balaban J connectivity index is 1.47. The summed E-state index contributed by atoms with van der Waals surface area (Å²) < 4.78 is 74.2. The maximum absolute atomic E-state index is 13.5. The zero-order valence-corrected chi connectivity index (χ0v) is 24.8. The number of rotatable bonds is 10. The number of amides is 1. The maximum Gasteiger partial charge on any atom is 0.435 e. The van der Waals surface area contributed by atoms with Crippen LogP contribution in [-0.4, -0.2) is 58.9 Å². The Morgan fingerprint density at radius 2 is 1.75 bits per heavy atom. The molecule has 13 nitrogen and oxygen atoms in total. The molecule has 17 heteroatoms. The molecule has 236 valence electrons. The second kappa shape index (κ2) is 12.5. The molecule has 1 aliphatic heterocycles. The van der Waals surface area contributed by atoms with E-state index in [1.807, 2.05) is 11.6 Å². The van der Waals surface area contributed by atoms with Crippen molar-refractivity contribution in [2.75, 3.05) is 6.54 Å². The minimum absolute atomic E-state index is 0.0419. The highest BCUT2D eigenvalue weighted by Gasteiger charge is 2.42. The van der Waals surface area contributed by atoms with Crippen LogP contribution in [0.25, 0.3) is 16.9 Å². The lowest BCUT2D eigenvalue weighted by atomic mass is 10.1. The normalized spacial score (nSPS) is 16.3. The molecule has 0 aliphatic carbocycles. The number of ether oxygens (including phenoxy) is 1. The van der Waals surface area contributed by atoms with Crippen LogP contribution < -0.4 is 4.72 Å². The van der Waals surface area contributed by atoms with Crippen LogP contribution in [0.2, 0.25) is 0 Å². The molecule has 3 aromatic rings. The molecule has 0 radical (unpaired) electrons. The first-order valence-electron chi connectivity index (χ1n) is 13.3. The predicted molar refractivity (Wildman–Crippen MR) is 147 cm³/mol. The second-order valence-electron chi connectivity index (χ2n) is 10.2. The largest absolute Gasteiger partial charge is 0.569 e. The van der Waals surface area contributed by atoms with E-state index in [9.17, 15) is 36.4 Å². The first-order chi connectivity index (χ1) is 20.6. The Labute approximate surface area is 250 Å². The van der Waals surface area contributed by atoms with Gasteiger partial charge in [0.1, 0.15) is 0 Å². The van der Waals surface area contributed by atoms with Crippen LogP contribution in [0.1, 0.15) is 38.4 Å². The van der Waals surface area contributed by atoms with Crippen LogP contribution in [0, 0.1) is 18.0 Å². The van der Waals surface area contributed by atoms with Gasteiger partial charge in [0.2, 0.25) is 5.28 Å². The van der Waals surface area contributed by atoms with E-state index in [2.05, 4.69) is 10.4 Å². The molecule has 1 saturated heterocycles. The highest BCUT2D eigenvalue weighted by Crippen LogP contribution is 2.33. The van der Waals surface area contributed by atoms with E-state index in [-0.39, 0.29) is 34.2 Å². The Bertz CT molecular complexity index is 1660. The fourth-order valence-corrected chi connectivity index (χ4v) is 5.01. The summed E-state index contributed by atoms with van der Waals surface area (Å²) in [5, 5.41) is 20.1. The minimum Gasteiger partial charge on any atom is -0.569 e. The number of carbonyl (C=O) groups is 2. The van der Waals surface area contributed by atoms with E-state index < -0.39 is 52.0 Å². The molecule has 0 bridgehead atoms. The SMILES string of the molecule is Cc1ccc(-c2cc(C(F)(F)F)nn2-c2ccc(S(=O)(=O)NC(=O)[C@@H]3CCN3[N+]([O-])=NOC(C)OC(=O)C(C)C)cc2)cc1. The molecule has 2 atom stereocenters. The van der Waals surface area contributed by atoms with Crippen LogP contribution >= 0.6 is 0 Å². The molecular formula is C27H29F3N6O7S. The number of halogens is 3. The summed E-state index contributed by atoms with van der Waals surface area (Å²) in [4.78, 5) is 28.8.